The minimum Gasteiger partial charge on any atom is -0.376 e. The molecular weight excluding hydrogens is 200 g/mol. The lowest BCUT2D eigenvalue weighted by atomic mass is 10.1. The van der Waals surface area contributed by atoms with E-state index in [9.17, 15) is 0 Å². The van der Waals surface area contributed by atoms with Gasteiger partial charge in [-0.1, -0.05) is 24.3 Å². The molecule has 1 aromatic rings. The highest BCUT2D eigenvalue weighted by atomic mass is 16.5. The molecule has 0 N–H and O–H groups in total. The van der Waals surface area contributed by atoms with E-state index in [4.69, 9.17) is 9.47 Å². The van der Waals surface area contributed by atoms with Crippen molar-refractivity contribution in [3.63, 3.8) is 0 Å². The number of aryl methyl sites for hydroxylation is 1. The molecule has 1 unspecified atom stereocenters. The van der Waals surface area contributed by atoms with E-state index in [1.54, 1.807) is 0 Å². The minimum atomic E-state index is 0.141. The number of hydrogen-bond acceptors (Lipinski definition) is 2. The highest BCUT2D eigenvalue weighted by molar-refractivity contribution is 5.24. The van der Waals surface area contributed by atoms with Crippen molar-refractivity contribution in [1.29, 1.82) is 0 Å². The lowest BCUT2D eigenvalue weighted by Gasteiger charge is -2.16. The molecule has 0 aromatic heterocycles. The van der Waals surface area contributed by atoms with Crippen LogP contribution in [-0.2, 0) is 16.1 Å². The van der Waals surface area contributed by atoms with E-state index in [-0.39, 0.29) is 12.2 Å². The molecule has 0 aliphatic carbocycles. The first-order chi connectivity index (χ1) is 7.59. The summed E-state index contributed by atoms with van der Waals surface area (Å²) in [5, 5.41) is 0. The Labute approximate surface area is 98.6 Å². The number of ether oxygens (including phenoxy) is 2. The molecule has 0 bridgehead atoms. The van der Waals surface area contributed by atoms with Gasteiger partial charge < -0.3 is 9.47 Å². The molecule has 0 aliphatic heterocycles. The summed E-state index contributed by atoms with van der Waals surface area (Å²) in [6, 6.07) is 8.30. The summed E-state index contributed by atoms with van der Waals surface area (Å²) in [5.74, 6) is 0. The average molecular weight is 222 g/mol. The van der Waals surface area contributed by atoms with E-state index >= 15 is 0 Å². The van der Waals surface area contributed by atoms with E-state index < -0.39 is 0 Å². The van der Waals surface area contributed by atoms with E-state index in [0.29, 0.717) is 13.2 Å². The smallest absolute Gasteiger partial charge is 0.0785 e. The van der Waals surface area contributed by atoms with Crippen molar-refractivity contribution in [3.8, 4) is 0 Å². The molecule has 0 fully saturated rings. The predicted molar refractivity (Wildman–Crippen MR) is 66.5 cm³/mol. The Morgan fingerprint density at radius 3 is 2.38 bits per heavy atom. The van der Waals surface area contributed by atoms with Crippen molar-refractivity contribution >= 4 is 0 Å². The zero-order chi connectivity index (χ0) is 12.0. The Morgan fingerprint density at radius 2 is 1.75 bits per heavy atom. The highest BCUT2D eigenvalue weighted by Gasteiger charge is 2.05. The first-order valence-electron chi connectivity index (χ1n) is 5.87. The molecule has 0 heterocycles. The molecule has 2 heteroatoms. The molecule has 0 aliphatic rings. The third kappa shape index (κ3) is 4.77. The van der Waals surface area contributed by atoms with Crippen LogP contribution in [-0.4, -0.2) is 18.8 Å². The van der Waals surface area contributed by atoms with Gasteiger partial charge in [-0.2, -0.15) is 0 Å². The summed E-state index contributed by atoms with van der Waals surface area (Å²) < 4.78 is 11.2. The Bertz CT molecular complexity index is 307. The number of benzene rings is 1. The zero-order valence-corrected chi connectivity index (χ0v) is 10.7. The quantitative estimate of drug-likeness (QED) is 0.735. The first kappa shape index (κ1) is 13.2. The largest absolute Gasteiger partial charge is 0.376 e. The Hall–Kier alpha value is -0.860. The van der Waals surface area contributed by atoms with Crippen LogP contribution in [0, 0.1) is 6.92 Å². The van der Waals surface area contributed by atoms with Gasteiger partial charge in [-0.15, -0.1) is 0 Å². The van der Waals surface area contributed by atoms with Crippen molar-refractivity contribution in [3.05, 3.63) is 35.4 Å². The summed E-state index contributed by atoms with van der Waals surface area (Å²) in [4.78, 5) is 0. The summed E-state index contributed by atoms with van der Waals surface area (Å²) in [6.45, 7) is 9.54. The van der Waals surface area contributed by atoms with Crippen molar-refractivity contribution in [2.75, 3.05) is 6.61 Å². The monoisotopic (exact) mass is 222 g/mol. The van der Waals surface area contributed by atoms with E-state index in [1.807, 2.05) is 32.9 Å². The second kappa shape index (κ2) is 6.66. The van der Waals surface area contributed by atoms with Crippen LogP contribution < -0.4 is 0 Å². The van der Waals surface area contributed by atoms with Crippen LogP contribution in [0.2, 0.25) is 0 Å². The van der Waals surface area contributed by atoms with E-state index in [2.05, 4.69) is 19.1 Å². The average Bonchev–Trinajstić information content (AvgIpc) is 2.25. The molecule has 0 amide bonds. The molecular formula is C14H22O2. The van der Waals surface area contributed by atoms with Crippen LogP contribution >= 0.6 is 0 Å². The minimum absolute atomic E-state index is 0.141. The second-order valence-corrected chi connectivity index (χ2v) is 4.43. The van der Waals surface area contributed by atoms with E-state index in [0.717, 1.165) is 0 Å². The molecule has 0 saturated heterocycles. The normalized spacial score (nSPS) is 13.1. The van der Waals surface area contributed by atoms with Gasteiger partial charge in [0.2, 0.25) is 0 Å². The zero-order valence-electron chi connectivity index (χ0n) is 10.7. The van der Waals surface area contributed by atoms with Gasteiger partial charge in [-0.3, -0.25) is 0 Å². The highest BCUT2D eigenvalue weighted by Crippen LogP contribution is 2.09. The van der Waals surface area contributed by atoms with Crippen LogP contribution in [0.25, 0.3) is 0 Å². The van der Waals surface area contributed by atoms with Crippen LogP contribution in [0.1, 0.15) is 31.9 Å². The summed E-state index contributed by atoms with van der Waals surface area (Å²) in [7, 11) is 0. The fraction of sp³-hybridized carbons (Fsp3) is 0.571. The van der Waals surface area contributed by atoms with Gasteiger partial charge in [-0.05, 0) is 38.8 Å². The van der Waals surface area contributed by atoms with Crippen molar-refractivity contribution in [2.24, 2.45) is 0 Å². The maximum Gasteiger partial charge on any atom is 0.0785 e. The van der Waals surface area contributed by atoms with Crippen molar-refractivity contribution in [1.82, 2.24) is 0 Å². The van der Waals surface area contributed by atoms with Crippen molar-refractivity contribution in [2.45, 2.75) is 46.5 Å². The van der Waals surface area contributed by atoms with Crippen LogP contribution in [0.3, 0.4) is 0 Å². The molecule has 1 rings (SSSR count). The second-order valence-electron chi connectivity index (χ2n) is 4.43. The van der Waals surface area contributed by atoms with Crippen LogP contribution in [0.15, 0.2) is 24.3 Å². The molecule has 90 valence electrons. The van der Waals surface area contributed by atoms with Crippen molar-refractivity contribution < 1.29 is 9.47 Å². The van der Waals surface area contributed by atoms with Gasteiger partial charge >= 0.3 is 0 Å². The number of rotatable bonds is 6. The van der Waals surface area contributed by atoms with Crippen LogP contribution in [0.4, 0.5) is 0 Å². The third-order valence-corrected chi connectivity index (χ3v) is 2.45. The molecule has 16 heavy (non-hydrogen) atoms. The summed E-state index contributed by atoms with van der Waals surface area (Å²) in [5.41, 5.74) is 2.53. The number of hydrogen-bond donors (Lipinski definition) is 0. The Kier molecular flexibility index (Phi) is 5.50. The molecule has 0 radical (unpaired) electrons. The maximum atomic E-state index is 5.73. The molecule has 0 saturated carbocycles. The third-order valence-electron chi connectivity index (χ3n) is 2.45. The maximum absolute atomic E-state index is 5.73. The van der Waals surface area contributed by atoms with Gasteiger partial charge in [0.25, 0.3) is 0 Å². The predicted octanol–water partition coefficient (Wildman–Crippen LogP) is 3.33. The summed E-state index contributed by atoms with van der Waals surface area (Å²) >= 11 is 0. The Morgan fingerprint density at radius 1 is 1.06 bits per heavy atom. The SMILES string of the molecule is Cc1ccccc1COC(C)COC(C)C. The molecule has 0 spiro atoms. The topological polar surface area (TPSA) is 18.5 Å². The van der Waals surface area contributed by atoms with Gasteiger partial charge in [0.05, 0.1) is 25.4 Å². The fourth-order valence-electron chi connectivity index (χ4n) is 1.38. The lowest BCUT2D eigenvalue weighted by molar-refractivity contribution is -0.0331. The van der Waals surface area contributed by atoms with Crippen LogP contribution in [0.5, 0.6) is 0 Å². The molecule has 1 aromatic carbocycles. The van der Waals surface area contributed by atoms with Gasteiger partial charge in [0.15, 0.2) is 0 Å². The van der Waals surface area contributed by atoms with Gasteiger partial charge in [0, 0.05) is 0 Å². The molecule has 2 nitrogen and oxygen atoms in total. The van der Waals surface area contributed by atoms with Gasteiger partial charge in [0.1, 0.15) is 0 Å². The molecule has 1 atom stereocenters. The summed E-state index contributed by atoms with van der Waals surface area (Å²) in [6.07, 6.45) is 0.409. The van der Waals surface area contributed by atoms with Gasteiger partial charge in [-0.25, -0.2) is 0 Å². The lowest BCUT2D eigenvalue weighted by Crippen LogP contribution is -2.18. The fourth-order valence-corrected chi connectivity index (χ4v) is 1.38. The standard InChI is InChI=1S/C14H22O2/c1-11(2)15-9-13(4)16-10-14-8-6-5-7-12(14)3/h5-8,11,13H,9-10H2,1-4H3. The first-order valence-corrected chi connectivity index (χ1v) is 5.87. The van der Waals surface area contributed by atoms with E-state index in [1.165, 1.54) is 11.1 Å². The Balaban J connectivity index is 2.31.